The van der Waals surface area contributed by atoms with E-state index in [9.17, 15) is 9.90 Å². The Hall–Kier alpha value is -1.07. The van der Waals surface area contributed by atoms with Crippen molar-refractivity contribution < 1.29 is 15.0 Å². The number of nitrogens with zero attached hydrogens (tertiary/aromatic N) is 2. The van der Waals surface area contributed by atoms with E-state index in [2.05, 4.69) is 5.10 Å². The summed E-state index contributed by atoms with van der Waals surface area (Å²) in [4.78, 5) is 10.7. The quantitative estimate of drug-likeness (QED) is 0.804. The Morgan fingerprint density at radius 2 is 2.33 bits per heavy atom. The molecule has 1 heterocycles. The molecule has 2 rings (SSSR count). The Balaban J connectivity index is 2.33. The van der Waals surface area contributed by atoms with Crippen LogP contribution in [-0.2, 0) is 0 Å². The molecule has 15 heavy (non-hydrogen) atoms. The Kier molecular flexibility index (Phi) is 2.67. The zero-order chi connectivity index (χ0) is 11.0. The number of carbonyl (C=O) groups is 1. The third-order valence-electron chi connectivity index (χ3n) is 2.72. The van der Waals surface area contributed by atoms with Crippen LogP contribution < -0.4 is 0 Å². The van der Waals surface area contributed by atoms with Gasteiger partial charge in [-0.3, -0.25) is 0 Å². The highest BCUT2D eigenvalue weighted by molar-refractivity contribution is 6.32. The fraction of sp³-hybridized carbons (Fsp3) is 0.556. The topological polar surface area (TPSA) is 75.3 Å². The van der Waals surface area contributed by atoms with Gasteiger partial charge in [0.2, 0.25) is 0 Å². The number of halogens is 1. The molecule has 0 spiro atoms. The number of aromatic nitrogens is 2. The number of hydrogen-bond acceptors (Lipinski definition) is 3. The van der Waals surface area contributed by atoms with Crippen molar-refractivity contribution in [1.29, 1.82) is 0 Å². The van der Waals surface area contributed by atoms with Gasteiger partial charge >= 0.3 is 5.97 Å². The van der Waals surface area contributed by atoms with E-state index in [-0.39, 0.29) is 16.8 Å². The molecule has 1 fully saturated rings. The molecule has 2 atom stereocenters. The minimum atomic E-state index is -1.10. The molecule has 0 radical (unpaired) electrons. The lowest BCUT2D eigenvalue weighted by atomic mass is 10.2. The van der Waals surface area contributed by atoms with Crippen LogP contribution in [0.4, 0.5) is 0 Å². The van der Waals surface area contributed by atoms with Crippen molar-refractivity contribution in [2.75, 3.05) is 0 Å². The molecular formula is C9H11ClN2O3. The first kappa shape index (κ1) is 10.4. The maximum atomic E-state index is 10.7. The highest BCUT2D eigenvalue weighted by atomic mass is 35.5. The van der Waals surface area contributed by atoms with Crippen LogP contribution in [0.15, 0.2) is 6.20 Å². The highest BCUT2D eigenvalue weighted by Gasteiger charge is 2.30. The smallest absolute Gasteiger partial charge is 0.340 e. The zero-order valence-corrected chi connectivity index (χ0v) is 8.68. The molecule has 0 saturated heterocycles. The van der Waals surface area contributed by atoms with Crippen LogP contribution in [0, 0.1) is 0 Å². The Morgan fingerprint density at radius 1 is 1.60 bits per heavy atom. The molecule has 1 aliphatic rings. The second-order valence-corrected chi connectivity index (χ2v) is 4.02. The molecule has 0 amide bonds. The van der Waals surface area contributed by atoms with Gasteiger partial charge in [-0.2, -0.15) is 5.10 Å². The minimum Gasteiger partial charge on any atom is -0.478 e. The molecule has 0 aliphatic heterocycles. The highest BCUT2D eigenvalue weighted by Crippen LogP contribution is 2.32. The number of aliphatic hydroxyl groups is 1. The van der Waals surface area contributed by atoms with E-state index in [1.807, 2.05) is 0 Å². The van der Waals surface area contributed by atoms with E-state index in [4.69, 9.17) is 16.7 Å². The number of aliphatic hydroxyl groups excluding tert-OH is 1. The van der Waals surface area contributed by atoms with E-state index >= 15 is 0 Å². The second kappa shape index (κ2) is 3.83. The van der Waals surface area contributed by atoms with Gasteiger partial charge < -0.3 is 10.2 Å². The third kappa shape index (κ3) is 1.72. The first-order chi connectivity index (χ1) is 7.11. The molecule has 0 aromatic carbocycles. The molecule has 1 saturated carbocycles. The summed E-state index contributed by atoms with van der Waals surface area (Å²) in [5.74, 6) is -1.10. The van der Waals surface area contributed by atoms with Gasteiger partial charge in [0.1, 0.15) is 10.7 Å². The van der Waals surface area contributed by atoms with Crippen molar-refractivity contribution >= 4 is 17.6 Å². The van der Waals surface area contributed by atoms with Crippen LogP contribution in [0.3, 0.4) is 0 Å². The van der Waals surface area contributed by atoms with Gasteiger partial charge in [0.05, 0.1) is 18.3 Å². The maximum Gasteiger partial charge on any atom is 0.340 e. The summed E-state index contributed by atoms with van der Waals surface area (Å²) in [6.07, 6.45) is 3.13. The van der Waals surface area contributed by atoms with Crippen molar-refractivity contribution in [3.05, 3.63) is 16.9 Å². The fourth-order valence-electron chi connectivity index (χ4n) is 1.93. The average Bonchev–Trinajstić information content (AvgIpc) is 2.71. The molecule has 2 N–H and O–H groups in total. The van der Waals surface area contributed by atoms with Gasteiger partial charge in [-0.1, -0.05) is 11.6 Å². The van der Waals surface area contributed by atoms with Crippen LogP contribution in [0.5, 0.6) is 0 Å². The maximum absolute atomic E-state index is 10.7. The van der Waals surface area contributed by atoms with Gasteiger partial charge in [0.15, 0.2) is 0 Å². The summed E-state index contributed by atoms with van der Waals surface area (Å²) in [7, 11) is 0. The average molecular weight is 231 g/mol. The SMILES string of the molecule is O=C(O)c1cnn(C2CCCC2O)c1Cl. The molecule has 1 aromatic heterocycles. The first-order valence-corrected chi connectivity index (χ1v) is 5.13. The largest absolute Gasteiger partial charge is 0.478 e. The van der Waals surface area contributed by atoms with Crippen LogP contribution in [0.2, 0.25) is 5.15 Å². The van der Waals surface area contributed by atoms with Gasteiger partial charge in [-0.05, 0) is 19.3 Å². The molecule has 6 heteroatoms. The fourth-order valence-corrected chi connectivity index (χ4v) is 2.23. The Labute approximate surface area is 91.3 Å². The first-order valence-electron chi connectivity index (χ1n) is 4.75. The van der Waals surface area contributed by atoms with Crippen molar-refractivity contribution in [2.45, 2.75) is 31.4 Å². The number of aromatic carboxylic acids is 1. The molecule has 1 aliphatic carbocycles. The third-order valence-corrected chi connectivity index (χ3v) is 3.10. The lowest BCUT2D eigenvalue weighted by Crippen LogP contribution is -2.19. The van der Waals surface area contributed by atoms with Crippen molar-refractivity contribution in [3.8, 4) is 0 Å². The predicted molar refractivity (Wildman–Crippen MR) is 53.1 cm³/mol. The predicted octanol–water partition coefficient (Wildman–Crippen LogP) is 1.32. The van der Waals surface area contributed by atoms with Crippen molar-refractivity contribution in [3.63, 3.8) is 0 Å². The van der Waals surface area contributed by atoms with Crippen molar-refractivity contribution in [2.24, 2.45) is 0 Å². The normalized spacial score (nSPS) is 25.7. The zero-order valence-electron chi connectivity index (χ0n) is 7.93. The number of rotatable bonds is 2. The van der Waals surface area contributed by atoms with Crippen LogP contribution in [0.1, 0.15) is 35.7 Å². The minimum absolute atomic E-state index is 0.0178. The second-order valence-electron chi connectivity index (χ2n) is 3.66. The van der Waals surface area contributed by atoms with E-state index < -0.39 is 12.1 Å². The summed E-state index contributed by atoms with van der Waals surface area (Å²) >= 11 is 5.87. The lowest BCUT2D eigenvalue weighted by Gasteiger charge is -2.15. The number of hydrogen-bond donors (Lipinski definition) is 2. The summed E-state index contributed by atoms with van der Waals surface area (Å²) < 4.78 is 1.41. The monoisotopic (exact) mass is 230 g/mol. The van der Waals surface area contributed by atoms with E-state index in [1.54, 1.807) is 0 Å². The molecule has 82 valence electrons. The molecule has 1 aromatic rings. The number of carboxylic acids is 1. The van der Waals surface area contributed by atoms with Crippen LogP contribution in [-0.4, -0.2) is 32.1 Å². The number of carboxylic acid groups (broad SMARTS) is 1. The summed E-state index contributed by atoms with van der Waals surface area (Å²) in [5, 5.41) is 22.4. The van der Waals surface area contributed by atoms with Gasteiger partial charge in [0.25, 0.3) is 0 Å². The van der Waals surface area contributed by atoms with Crippen molar-refractivity contribution in [1.82, 2.24) is 9.78 Å². The molecule has 5 nitrogen and oxygen atoms in total. The van der Waals surface area contributed by atoms with E-state index in [0.29, 0.717) is 6.42 Å². The molecular weight excluding hydrogens is 220 g/mol. The van der Waals surface area contributed by atoms with Gasteiger partial charge in [-0.25, -0.2) is 9.48 Å². The summed E-state index contributed by atoms with van der Waals surface area (Å²) in [6, 6.07) is -0.189. The van der Waals surface area contributed by atoms with Crippen LogP contribution in [0.25, 0.3) is 0 Å². The van der Waals surface area contributed by atoms with Gasteiger partial charge in [0, 0.05) is 0 Å². The van der Waals surface area contributed by atoms with E-state index in [1.165, 1.54) is 10.9 Å². The standard InChI is InChI=1S/C9H11ClN2O3/c10-8-5(9(14)15)4-11-12(8)6-2-1-3-7(6)13/h4,6-7,13H,1-3H2,(H,14,15). The van der Waals surface area contributed by atoms with Crippen LogP contribution >= 0.6 is 11.6 Å². The Bertz CT molecular complexity index is 391. The molecule has 2 unspecified atom stereocenters. The lowest BCUT2D eigenvalue weighted by molar-refractivity contribution is 0.0696. The Morgan fingerprint density at radius 3 is 2.80 bits per heavy atom. The summed E-state index contributed by atoms with van der Waals surface area (Å²) in [5.41, 5.74) is -0.0178. The van der Waals surface area contributed by atoms with Gasteiger partial charge in [-0.15, -0.1) is 0 Å². The molecule has 0 bridgehead atoms. The van der Waals surface area contributed by atoms with E-state index in [0.717, 1.165) is 12.8 Å². The summed E-state index contributed by atoms with van der Waals surface area (Å²) in [6.45, 7) is 0.